The summed E-state index contributed by atoms with van der Waals surface area (Å²) in [4.78, 5) is 23.6. The lowest BCUT2D eigenvalue weighted by atomic mass is 10.1. The van der Waals surface area contributed by atoms with Crippen LogP contribution in [0.1, 0.15) is 26.3 Å². The summed E-state index contributed by atoms with van der Waals surface area (Å²) in [6, 6.07) is 12.4. The van der Waals surface area contributed by atoms with Crippen molar-refractivity contribution in [2.45, 2.75) is 6.92 Å². The Labute approximate surface area is 116 Å². The molecule has 1 amide bonds. The zero-order valence-electron chi connectivity index (χ0n) is 11.0. The van der Waals surface area contributed by atoms with Gasteiger partial charge in [0, 0.05) is 11.1 Å². The lowest BCUT2D eigenvalue weighted by Gasteiger charge is -2.05. The molecule has 0 spiro atoms. The molecule has 0 fully saturated rings. The average Bonchev–Trinajstić information content (AvgIpc) is 2.45. The molecule has 0 aromatic heterocycles. The van der Waals surface area contributed by atoms with E-state index in [2.05, 4.69) is 5.32 Å². The number of aryl methyl sites for hydroxylation is 1. The highest BCUT2D eigenvalue weighted by atomic mass is 19.1. The van der Waals surface area contributed by atoms with E-state index in [4.69, 9.17) is 0 Å². The molecule has 0 saturated carbocycles. The first kappa shape index (κ1) is 13.9. The first-order valence-electron chi connectivity index (χ1n) is 6.20. The number of nitrogens with one attached hydrogen (secondary N) is 1. The fraction of sp³-hybridized carbons (Fsp3) is 0.125. The molecule has 3 nitrogen and oxygen atoms in total. The summed E-state index contributed by atoms with van der Waals surface area (Å²) in [7, 11) is 0. The van der Waals surface area contributed by atoms with Gasteiger partial charge in [0.1, 0.15) is 5.82 Å². The van der Waals surface area contributed by atoms with E-state index in [0.717, 1.165) is 11.6 Å². The van der Waals surface area contributed by atoms with E-state index in [1.807, 2.05) is 19.1 Å². The van der Waals surface area contributed by atoms with Gasteiger partial charge in [-0.15, -0.1) is 0 Å². The molecule has 4 heteroatoms. The largest absolute Gasteiger partial charge is 0.345 e. The average molecular weight is 271 g/mol. The van der Waals surface area contributed by atoms with Crippen molar-refractivity contribution in [1.82, 2.24) is 5.32 Å². The van der Waals surface area contributed by atoms with Crippen molar-refractivity contribution in [1.29, 1.82) is 0 Å². The molecule has 0 heterocycles. The molecule has 102 valence electrons. The molecule has 0 atom stereocenters. The molecule has 2 aromatic rings. The highest BCUT2D eigenvalue weighted by Crippen LogP contribution is 2.05. The van der Waals surface area contributed by atoms with Crippen LogP contribution in [-0.4, -0.2) is 18.2 Å². The van der Waals surface area contributed by atoms with Gasteiger partial charge >= 0.3 is 0 Å². The zero-order chi connectivity index (χ0) is 14.5. The van der Waals surface area contributed by atoms with Crippen LogP contribution >= 0.6 is 0 Å². The van der Waals surface area contributed by atoms with Crippen molar-refractivity contribution in [3.63, 3.8) is 0 Å². The summed E-state index contributed by atoms with van der Waals surface area (Å²) in [5, 5.41) is 2.53. The van der Waals surface area contributed by atoms with E-state index in [1.165, 1.54) is 18.2 Å². The number of ketones is 1. The molecular formula is C16H14FNO2. The van der Waals surface area contributed by atoms with Gasteiger partial charge < -0.3 is 5.32 Å². The van der Waals surface area contributed by atoms with Crippen molar-refractivity contribution in [3.8, 4) is 0 Å². The van der Waals surface area contributed by atoms with E-state index >= 15 is 0 Å². The Morgan fingerprint density at radius 1 is 1.05 bits per heavy atom. The number of rotatable bonds is 4. The zero-order valence-corrected chi connectivity index (χ0v) is 11.0. The number of benzene rings is 2. The van der Waals surface area contributed by atoms with Crippen molar-refractivity contribution < 1.29 is 14.0 Å². The summed E-state index contributed by atoms with van der Waals surface area (Å²) in [5.74, 6) is -1.12. The highest BCUT2D eigenvalue weighted by molar-refractivity contribution is 6.02. The first-order valence-corrected chi connectivity index (χ1v) is 6.20. The van der Waals surface area contributed by atoms with Gasteiger partial charge in [0.2, 0.25) is 0 Å². The summed E-state index contributed by atoms with van der Waals surface area (Å²) in [5.41, 5.74) is 1.79. The quantitative estimate of drug-likeness (QED) is 0.869. The molecular weight excluding hydrogens is 257 g/mol. The maximum absolute atomic E-state index is 13.0. The van der Waals surface area contributed by atoms with Gasteiger partial charge in [-0.1, -0.05) is 29.8 Å². The first-order chi connectivity index (χ1) is 9.56. The molecule has 0 aliphatic carbocycles. The molecule has 0 aliphatic heterocycles. The van der Waals surface area contributed by atoms with Gasteiger partial charge in [-0.2, -0.15) is 0 Å². The van der Waals surface area contributed by atoms with Crippen LogP contribution in [0.5, 0.6) is 0 Å². The van der Waals surface area contributed by atoms with Gasteiger partial charge in [0.25, 0.3) is 5.91 Å². The standard InChI is InChI=1S/C16H14FNO2/c1-11-5-7-12(8-6-11)16(20)18-10-15(19)13-3-2-4-14(17)9-13/h2-9H,10H2,1H3,(H,18,20). The van der Waals surface area contributed by atoms with Crippen molar-refractivity contribution in [3.05, 3.63) is 71.0 Å². The van der Waals surface area contributed by atoms with Crippen LogP contribution < -0.4 is 5.32 Å². The number of carbonyl (C=O) groups excluding carboxylic acids is 2. The minimum atomic E-state index is -0.472. The SMILES string of the molecule is Cc1ccc(C(=O)NCC(=O)c2cccc(F)c2)cc1. The van der Waals surface area contributed by atoms with Gasteiger partial charge in [0.15, 0.2) is 5.78 Å². The van der Waals surface area contributed by atoms with Crippen molar-refractivity contribution in [2.75, 3.05) is 6.54 Å². The second-order valence-electron chi connectivity index (χ2n) is 4.48. The molecule has 0 radical (unpaired) electrons. The van der Waals surface area contributed by atoms with Crippen LogP contribution in [0.25, 0.3) is 0 Å². The number of amides is 1. The molecule has 2 rings (SSSR count). The van der Waals surface area contributed by atoms with Gasteiger partial charge in [-0.05, 0) is 31.2 Å². The molecule has 1 N–H and O–H groups in total. The lowest BCUT2D eigenvalue weighted by Crippen LogP contribution is -2.29. The number of hydrogen-bond acceptors (Lipinski definition) is 2. The van der Waals surface area contributed by atoms with Crippen LogP contribution in [0.3, 0.4) is 0 Å². The van der Waals surface area contributed by atoms with Gasteiger partial charge in [-0.25, -0.2) is 4.39 Å². The van der Waals surface area contributed by atoms with E-state index in [9.17, 15) is 14.0 Å². The molecule has 0 saturated heterocycles. The smallest absolute Gasteiger partial charge is 0.251 e. The Bertz CT molecular complexity index is 635. The molecule has 0 bridgehead atoms. The van der Waals surface area contributed by atoms with Crippen molar-refractivity contribution >= 4 is 11.7 Å². The Hall–Kier alpha value is -2.49. The number of carbonyl (C=O) groups is 2. The minimum absolute atomic E-state index is 0.157. The Morgan fingerprint density at radius 2 is 1.75 bits per heavy atom. The van der Waals surface area contributed by atoms with Crippen LogP contribution in [0.15, 0.2) is 48.5 Å². The Kier molecular flexibility index (Phi) is 4.25. The predicted molar refractivity (Wildman–Crippen MR) is 74.2 cm³/mol. The van der Waals surface area contributed by atoms with E-state index in [0.29, 0.717) is 5.56 Å². The summed E-state index contributed by atoms with van der Waals surface area (Å²) in [6.45, 7) is 1.77. The van der Waals surface area contributed by atoms with Crippen LogP contribution in [0.2, 0.25) is 0 Å². The van der Waals surface area contributed by atoms with Crippen molar-refractivity contribution in [2.24, 2.45) is 0 Å². The maximum Gasteiger partial charge on any atom is 0.251 e. The van der Waals surface area contributed by atoms with E-state index in [-0.39, 0.29) is 23.8 Å². The van der Waals surface area contributed by atoms with Gasteiger partial charge in [-0.3, -0.25) is 9.59 Å². The third-order valence-corrected chi connectivity index (χ3v) is 2.87. The highest BCUT2D eigenvalue weighted by Gasteiger charge is 2.10. The molecule has 0 aliphatic rings. The molecule has 20 heavy (non-hydrogen) atoms. The minimum Gasteiger partial charge on any atom is -0.345 e. The van der Waals surface area contributed by atoms with E-state index in [1.54, 1.807) is 12.1 Å². The second-order valence-corrected chi connectivity index (χ2v) is 4.48. The number of halogens is 1. The fourth-order valence-corrected chi connectivity index (χ4v) is 1.73. The van der Waals surface area contributed by atoms with Crippen LogP contribution in [0, 0.1) is 12.7 Å². The second kappa shape index (κ2) is 6.10. The third kappa shape index (κ3) is 3.51. The number of hydrogen-bond donors (Lipinski definition) is 1. The van der Waals surface area contributed by atoms with Gasteiger partial charge in [0.05, 0.1) is 6.54 Å². The molecule has 2 aromatic carbocycles. The summed E-state index contributed by atoms with van der Waals surface area (Å²) in [6.07, 6.45) is 0. The van der Waals surface area contributed by atoms with Crippen LogP contribution in [0.4, 0.5) is 4.39 Å². The summed E-state index contributed by atoms with van der Waals surface area (Å²) >= 11 is 0. The number of Topliss-reactive ketones (excluding diaryl/α,β-unsaturated/α-hetero) is 1. The fourth-order valence-electron chi connectivity index (χ4n) is 1.73. The third-order valence-electron chi connectivity index (χ3n) is 2.87. The Balaban J connectivity index is 1.96. The lowest BCUT2D eigenvalue weighted by molar-refractivity contribution is 0.0904. The normalized spacial score (nSPS) is 10.1. The van der Waals surface area contributed by atoms with E-state index < -0.39 is 5.82 Å². The summed E-state index contributed by atoms with van der Waals surface area (Å²) < 4.78 is 13.0. The monoisotopic (exact) mass is 271 g/mol. The van der Waals surface area contributed by atoms with Crippen LogP contribution in [-0.2, 0) is 0 Å². The molecule has 0 unspecified atom stereocenters. The Morgan fingerprint density at radius 3 is 2.40 bits per heavy atom. The topological polar surface area (TPSA) is 46.2 Å². The maximum atomic E-state index is 13.0. The predicted octanol–water partition coefficient (Wildman–Crippen LogP) is 2.75.